The van der Waals surface area contributed by atoms with E-state index in [2.05, 4.69) is 4.90 Å². The molecule has 1 saturated heterocycles. The van der Waals surface area contributed by atoms with E-state index >= 15 is 0 Å². The second kappa shape index (κ2) is 5.90. The van der Waals surface area contributed by atoms with Crippen molar-refractivity contribution in [2.45, 2.75) is 6.42 Å². The number of rotatable bonds is 4. The Hall–Kier alpha value is -0.790. The van der Waals surface area contributed by atoms with Crippen LogP contribution in [0.3, 0.4) is 0 Å². The largest absolute Gasteiger partial charge is 0.381 e. The number of hydrogen-bond acceptors (Lipinski definition) is 6. The highest BCUT2D eigenvalue weighted by molar-refractivity contribution is 8.02. The molecule has 0 bridgehead atoms. The van der Waals surface area contributed by atoms with E-state index in [1.807, 2.05) is 18.2 Å². The third-order valence-corrected chi connectivity index (χ3v) is 4.16. The van der Waals surface area contributed by atoms with E-state index in [-0.39, 0.29) is 4.92 Å². The van der Waals surface area contributed by atoms with E-state index in [1.54, 1.807) is 0 Å². The molecule has 0 amide bonds. The smallest absolute Gasteiger partial charge is 0.289 e. The molecule has 2 aliphatic rings. The van der Waals surface area contributed by atoms with Crippen LogP contribution in [0.5, 0.6) is 0 Å². The molecule has 0 aromatic carbocycles. The van der Waals surface area contributed by atoms with Crippen molar-refractivity contribution in [2.75, 3.05) is 46.3 Å². The van der Waals surface area contributed by atoms with Gasteiger partial charge in [0.25, 0.3) is 5.70 Å². The SMILES string of the molecule is CSC1=C([N+](=O)[O-])CN(C)CN1CC1CCOC1. The standard InChI is InChI=1S/C11H19N3O3S/c1-12-6-10(14(15)16)11(18-2)13(8-12)5-9-3-4-17-7-9/h9H,3-8H2,1-2H3. The van der Waals surface area contributed by atoms with Crippen molar-refractivity contribution >= 4 is 11.8 Å². The molecule has 0 aromatic heterocycles. The molecular weight excluding hydrogens is 254 g/mol. The van der Waals surface area contributed by atoms with Crippen molar-refractivity contribution < 1.29 is 9.66 Å². The zero-order valence-electron chi connectivity index (χ0n) is 10.8. The minimum atomic E-state index is -0.250. The van der Waals surface area contributed by atoms with E-state index in [4.69, 9.17) is 4.74 Å². The molecule has 0 aromatic rings. The van der Waals surface area contributed by atoms with Crippen molar-refractivity contribution in [2.24, 2.45) is 5.92 Å². The van der Waals surface area contributed by atoms with Gasteiger partial charge >= 0.3 is 0 Å². The summed E-state index contributed by atoms with van der Waals surface area (Å²) in [5, 5.41) is 11.9. The molecule has 2 aliphatic heterocycles. The van der Waals surface area contributed by atoms with Crippen molar-refractivity contribution in [3.63, 3.8) is 0 Å². The lowest BCUT2D eigenvalue weighted by Crippen LogP contribution is -2.44. The van der Waals surface area contributed by atoms with Gasteiger partial charge in [-0.2, -0.15) is 0 Å². The molecule has 6 nitrogen and oxygen atoms in total. The Labute approximate surface area is 111 Å². The van der Waals surface area contributed by atoms with E-state index in [9.17, 15) is 10.1 Å². The molecule has 1 atom stereocenters. The van der Waals surface area contributed by atoms with Gasteiger partial charge in [0.2, 0.25) is 0 Å². The third kappa shape index (κ3) is 2.96. The molecule has 0 N–H and O–H groups in total. The van der Waals surface area contributed by atoms with Crippen LogP contribution in [0.2, 0.25) is 0 Å². The summed E-state index contributed by atoms with van der Waals surface area (Å²) in [6, 6.07) is 0. The van der Waals surface area contributed by atoms with E-state index < -0.39 is 0 Å². The summed E-state index contributed by atoms with van der Waals surface area (Å²) < 4.78 is 5.37. The van der Waals surface area contributed by atoms with Gasteiger partial charge in [0, 0.05) is 19.1 Å². The zero-order chi connectivity index (χ0) is 13.1. The van der Waals surface area contributed by atoms with Crippen LogP contribution in [-0.4, -0.2) is 61.0 Å². The Bertz CT molecular complexity index is 355. The fraction of sp³-hybridized carbons (Fsp3) is 0.818. The van der Waals surface area contributed by atoms with Gasteiger partial charge in [-0.1, -0.05) is 0 Å². The number of nitrogens with zero attached hydrogens (tertiary/aromatic N) is 3. The highest BCUT2D eigenvalue weighted by Crippen LogP contribution is 2.28. The Morgan fingerprint density at radius 3 is 2.94 bits per heavy atom. The number of thioether (sulfide) groups is 1. The van der Waals surface area contributed by atoms with Crippen molar-refractivity contribution in [3.05, 3.63) is 20.8 Å². The molecule has 7 heteroatoms. The predicted molar refractivity (Wildman–Crippen MR) is 70.7 cm³/mol. The first-order valence-electron chi connectivity index (χ1n) is 6.04. The van der Waals surface area contributed by atoms with Gasteiger partial charge < -0.3 is 9.64 Å². The molecule has 18 heavy (non-hydrogen) atoms. The van der Waals surface area contributed by atoms with Gasteiger partial charge in [-0.05, 0) is 19.7 Å². The number of hydrogen-bond donors (Lipinski definition) is 0. The number of ether oxygens (including phenoxy) is 1. The highest BCUT2D eigenvalue weighted by Gasteiger charge is 2.32. The zero-order valence-corrected chi connectivity index (χ0v) is 11.6. The van der Waals surface area contributed by atoms with Crippen LogP contribution in [0.15, 0.2) is 10.7 Å². The average Bonchev–Trinajstić information content (AvgIpc) is 2.81. The molecule has 102 valence electrons. The second-order valence-corrected chi connectivity index (χ2v) is 5.62. The first-order valence-corrected chi connectivity index (χ1v) is 7.27. The van der Waals surface area contributed by atoms with Crippen LogP contribution in [0.25, 0.3) is 0 Å². The maximum Gasteiger partial charge on any atom is 0.289 e. The van der Waals surface area contributed by atoms with Gasteiger partial charge in [-0.25, -0.2) is 0 Å². The molecule has 0 radical (unpaired) electrons. The predicted octanol–water partition coefficient (Wildman–Crippen LogP) is 1.04. The van der Waals surface area contributed by atoms with Crippen LogP contribution in [0, 0.1) is 16.0 Å². The Kier molecular flexibility index (Phi) is 4.47. The Morgan fingerprint density at radius 1 is 1.61 bits per heavy atom. The maximum atomic E-state index is 11.1. The minimum absolute atomic E-state index is 0.250. The molecule has 0 saturated carbocycles. The third-order valence-electron chi connectivity index (χ3n) is 3.28. The van der Waals surface area contributed by atoms with Gasteiger partial charge in [0.05, 0.1) is 24.7 Å². The lowest BCUT2D eigenvalue weighted by atomic mass is 10.1. The molecule has 0 aliphatic carbocycles. The number of nitro groups is 1. The first-order chi connectivity index (χ1) is 8.61. The van der Waals surface area contributed by atoms with Crippen molar-refractivity contribution in [3.8, 4) is 0 Å². The van der Waals surface area contributed by atoms with Gasteiger partial charge in [-0.15, -0.1) is 11.8 Å². The van der Waals surface area contributed by atoms with Crippen molar-refractivity contribution in [1.82, 2.24) is 9.80 Å². The number of likely N-dealkylation sites (N-methyl/N-ethyl adjacent to an activating group) is 1. The van der Waals surface area contributed by atoms with Gasteiger partial charge in [0.1, 0.15) is 5.03 Å². The Morgan fingerprint density at radius 2 is 2.39 bits per heavy atom. The average molecular weight is 273 g/mol. The summed E-state index contributed by atoms with van der Waals surface area (Å²) in [6.45, 7) is 3.60. The topological polar surface area (TPSA) is 58.9 Å². The highest BCUT2D eigenvalue weighted by atomic mass is 32.2. The van der Waals surface area contributed by atoms with Crippen LogP contribution >= 0.6 is 11.8 Å². The molecule has 1 unspecified atom stereocenters. The maximum absolute atomic E-state index is 11.1. The molecular formula is C11H19N3O3S. The van der Waals surface area contributed by atoms with E-state index in [0.29, 0.717) is 18.2 Å². The van der Waals surface area contributed by atoms with Gasteiger partial charge in [-0.3, -0.25) is 15.0 Å². The van der Waals surface area contributed by atoms with E-state index in [1.165, 1.54) is 11.8 Å². The summed E-state index contributed by atoms with van der Waals surface area (Å²) >= 11 is 1.47. The lowest BCUT2D eigenvalue weighted by molar-refractivity contribution is -0.431. The quantitative estimate of drug-likeness (QED) is 0.563. The molecule has 2 heterocycles. The fourth-order valence-electron chi connectivity index (χ4n) is 2.47. The minimum Gasteiger partial charge on any atom is -0.381 e. The van der Waals surface area contributed by atoms with Gasteiger partial charge in [0.15, 0.2) is 0 Å². The normalized spacial score (nSPS) is 25.9. The summed E-state index contributed by atoms with van der Waals surface area (Å²) in [6.07, 6.45) is 2.96. The molecule has 0 spiro atoms. The van der Waals surface area contributed by atoms with Crippen LogP contribution in [0.4, 0.5) is 0 Å². The molecule has 1 fully saturated rings. The summed E-state index contributed by atoms with van der Waals surface area (Å²) in [4.78, 5) is 15.0. The van der Waals surface area contributed by atoms with Crippen LogP contribution in [-0.2, 0) is 4.74 Å². The first kappa shape index (κ1) is 13.6. The fourth-order valence-corrected chi connectivity index (χ4v) is 3.24. The summed E-state index contributed by atoms with van der Waals surface area (Å²) in [7, 11) is 1.92. The van der Waals surface area contributed by atoms with Crippen molar-refractivity contribution in [1.29, 1.82) is 0 Å². The lowest BCUT2D eigenvalue weighted by Gasteiger charge is -2.35. The second-order valence-electron chi connectivity index (χ2n) is 4.82. The van der Waals surface area contributed by atoms with Crippen LogP contribution < -0.4 is 0 Å². The Balaban J connectivity index is 2.15. The van der Waals surface area contributed by atoms with Crippen LogP contribution in [0.1, 0.15) is 6.42 Å². The summed E-state index contributed by atoms with van der Waals surface area (Å²) in [5.41, 5.74) is 0.315. The summed E-state index contributed by atoms with van der Waals surface area (Å²) in [5.74, 6) is 0.492. The van der Waals surface area contributed by atoms with E-state index in [0.717, 1.165) is 37.9 Å². The monoisotopic (exact) mass is 273 g/mol. The molecule has 2 rings (SSSR count).